The van der Waals surface area contributed by atoms with Crippen molar-refractivity contribution in [3.8, 4) is 0 Å². The predicted molar refractivity (Wildman–Crippen MR) is 117 cm³/mol. The van der Waals surface area contributed by atoms with Crippen LogP contribution in [0.15, 0.2) is 46.9 Å². The highest BCUT2D eigenvalue weighted by molar-refractivity contribution is 5.98. The van der Waals surface area contributed by atoms with Crippen LogP contribution in [0, 0.1) is 0 Å². The van der Waals surface area contributed by atoms with Crippen molar-refractivity contribution in [2.45, 2.75) is 32.4 Å². The minimum atomic E-state index is -0.400. The first-order valence-electron chi connectivity index (χ1n) is 9.98. The van der Waals surface area contributed by atoms with Crippen LogP contribution in [-0.2, 0) is 13.6 Å². The number of carbonyl (C=O) groups is 1. The smallest absolute Gasteiger partial charge is 0.326 e. The van der Waals surface area contributed by atoms with Crippen LogP contribution in [0.4, 0.5) is 22.4 Å². The van der Waals surface area contributed by atoms with Gasteiger partial charge in [0.1, 0.15) is 11.5 Å². The zero-order valence-corrected chi connectivity index (χ0v) is 17.8. The molecule has 1 unspecified atom stereocenters. The van der Waals surface area contributed by atoms with Gasteiger partial charge < -0.3 is 20.0 Å². The number of hydrogen-bond donors (Lipinski definition) is 3. The second-order valence-electron chi connectivity index (χ2n) is 7.36. The molecule has 0 aliphatic carbocycles. The van der Waals surface area contributed by atoms with Gasteiger partial charge in [0.05, 0.1) is 12.6 Å². The fraction of sp³-hybridized carbons (Fsp3) is 0.381. The number of anilines is 3. The molecule has 1 aromatic carbocycles. The number of benzene rings is 1. The zero-order valence-electron chi connectivity index (χ0n) is 17.8. The number of furan rings is 1. The molecule has 3 rings (SSSR count). The highest BCUT2D eigenvalue weighted by Gasteiger charge is 2.19. The summed E-state index contributed by atoms with van der Waals surface area (Å²) in [4.78, 5) is 18.7. The molecule has 0 aliphatic rings. The number of nitrogens with zero attached hydrogens (tertiary/aromatic N) is 4. The number of rotatable bonds is 9. The van der Waals surface area contributed by atoms with Crippen molar-refractivity contribution in [1.29, 1.82) is 0 Å². The van der Waals surface area contributed by atoms with Crippen molar-refractivity contribution in [2.24, 2.45) is 7.05 Å². The first-order valence-corrected chi connectivity index (χ1v) is 9.98. The topological polar surface area (TPSA) is 100 Å². The van der Waals surface area contributed by atoms with E-state index in [9.17, 15) is 4.79 Å². The third kappa shape index (κ3) is 5.84. The van der Waals surface area contributed by atoms with E-state index in [0.29, 0.717) is 11.6 Å². The van der Waals surface area contributed by atoms with E-state index < -0.39 is 6.03 Å². The lowest BCUT2D eigenvalue weighted by molar-refractivity contribution is 0.262. The predicted octanol–water partition coefficient (Wildman–Crippen LogP) is 4.07. The molecule has 160 valence electrons. The molecule has 0 saturated heterocycles. The minimum Gasteiger partial charge on any atom is -0.463 e. The maximum atomic E-state index is 12.2. The summed E-state index contributed by atoms with van der Waals surface area (Å²) >= 11 is 0. The summed E-state index contributed by atoms with van der Waals surface area (Å²) in [6.07, 6.45) is 1.85. The highest BCUT2D eigenvalue weighted by Crippen LogP contribution is 2.26. The summed E-state index contributed by atoms with van der Waals surface area (Å²) < 4.78 is 7.62. The van der Waals surface area contributed by atoms with Gasteiger partial charge in [-0.1, -0.05) is 31.5 Å². The van der Waals surface area contributed by atoms with E-state index in [1.165, 1.54) is 0 Å². The van der Waals surface area contributed by atoms with Crippen LogP contribution < -0.4 is 16.0 Å². The molecule has 9 nitrogen and oxygen atoms in total. The van der Waals surface area contributed by atoms with E-state index in [4.69, 9.17) is 4.42 Å². The quantitative estimate of drug-likeness (QED) is 0.491. The number of amides is 2. The van der Waals surface area contributed by atoms with Crippen LogP contribution in [0.5, 0.6) is 0 Å². The van der Waals surface area contributed by atoms with Gasteiger partial charge in [0.25, 0.3) is 5.95 Å². The van der Waals surface area contributed by atoms with E-state index in [2.05, 4.69) is 37.9 Å². The first kappa shape index (κ1) is 21.4. The van der Waals surface area contributed by atoms with E-state index >= 15 is 0 Å². The van der Waals surface area contributed by atoms with E-state index in [-0.39, 0.29) is 12.0 Å². The van der Waals surface area contributed by atoms with Crippen molar-refractivity contribution in [2.75, 3.05) is 30.0 Å². The molecule has 9 heteroatoms. The maximum Gasteiger partial charge on any atom is 0.326 e. The number of aryl methyl sites for hydroxylation is 1. The summed E-state index contributed by atoms with van der Waals surface area (Å²) in [5.74, 6) is 2.54. The van der Waals surface area contributed by atoms with Crippen LogP contribution in [-0.4, -0.2) is 39.8 Å². The minimum absolute atomic E-state index is 0.0418. The molecule has 1 atom stereocenters. The number of carbonyl (C=O) groups excluding carboxylic acids is 1. The van der Waals surface area contributed by atoms with Crippen molar-refractivity contribution >= 4 is 23.6 Å². The summed E-state index contributed by atoms with van der Waals surface area (Å²) in [6, 6.07) is 12.8. The Morgan fingerprint density at radius 1 is 1.17 bits per heavy atom. The van der Waals surface area contributed by atoms with Gasteiger partial charge in [-0.15, -0.1) is 5.10 Å². The van der Waals surface area contributed by atoms with Gasteiger partial charge in [0.2, 0.25) is 5.95 Å². The number of urea groups is 1. The van der Waals surface area contributed by atoms with Crippen LogP contribution in [0.2, 0.25) is 0 Å². The average Bonchev–Trinajstić information content (AvgIpc) is 3.28. The Morgan fingerprint density at radius 2 is 1.93 bits per heavy atom. The Hall–Kier alpha value is -3.33. The summed E-state index contributed by atoms with van der Waals surface area (Å²) in [5.41, 5.74) is 0.693. The van der Waals surface area contributed by atoms with Gasteiger partial charge in [-0.3, -0.25) is 5.32 Å². The van der Waals surface area contributed by atoms with Gasteiger partial charge >= 0.3 is 6.03 Å². The molecule has 2 heterocycles. The molecular weight excluding hydrogens is 382 g/mol. The first-order chi connectivity index (χ1) is 14.4. The molecule has 2 amide bonds. The van der Waals surface area contributed by atoms with Crippen LogP contribution in [0.3, 0.4) is 0 Å². The van der Waals surface area contributed by atoms with Gasteiger partial charge in [-0.05, 0) is 44.8 Å². The molecule has 0 spiro atoms. The van der Waals surface area contributed by atoms with Crippen LogP contribution in [0.1, 0.15) is 37.3 Å². The Bertz CT molecular complexity index is 949. The fourth-order valence-electron chi connectivity index (χ4n) is 3.06. The summed E-state index contributed by atoms with van der Waals surface area (Å²) in [6.45, 7) is 2.86. The van der Waals surface area contributed by atoms with Crippen molar-refractivity contribution in [1.82, 2.24) is 19.7 Å². The second-order valence-corrected chi connectivity index (χ2v) is 7.36. The standard InChI is InChI=1S/C21H29N7O2/c1-5-9-17(18-13-12-16(30-18)14-27(2)3)23-20-24-19(26-28(20)4)25-21(29)22-15-10-7-6-8-11-15/h6-8,10-13,17H,5,9,14H2,1-4H3,(H3,22,23,24,25,26,29). The Kier molecular flexibility index (Phi) is 7.08. The lowest BCUT2D eigenvalue weighted by atomic mass is 10.1. The number of para-hydroxylation sites is 1. The van der Waals surface area contributed by atoms with E-state index in [1.54, 1.807) is 11.7 Å². The Morgan fingerprint density at radius 3 is 2.63 bits per heavy atom. The number of aromatic nitrogens is 3. The summed E-state index contributed by atoms with van der Waals surface area (Å²) in [7, 11) is 5.79. The molecular formula is C21H29N7O2. The SMILES string of the molecule is CCCC(Nc1nc(NC(=O)Nc2ccccc2)nn1C)c1ccc(CN(C)C)o1. The van der Waals surface area contributed by atoms with Gasteiger partial charge in [-0.2, -0.15) is 4.98 Å². The van der Waals surface area contributed by atoms with Crippen molar-refractivity contribution < 1.29 is 9.21 Å². The molecule has 0 aliphatic heterocycles. The molecule has 2 aromatic heterocycles. The molecule has 0 saturated carbocycles. The lowest BCUT2D eigenvalue weighted by Gasteiger charge is -2.16. The average molecular weight is 412 g/mol. The zero-order chi connectivity index (χ0) is 21.5. The van der Waals surface area contributed by atoms with Gasteiger partial charge in [-0.25, -0.2) is 9.48 Å². The third-order valence-electron chi connectivity index (χ3n) is 4.40. The monoisotopic (exact) mass is 411 g/mol. The molecule has 0 radical (unpaired) electrons. The molecule has 0 bridgehead atoms. The molecule has 3 N–H and O–H groups in total. The number of nitrogens with one attached hydrogen (secondary N) is 3. The summed E-state index contributed by atoms with van der Waals surface area (Å²) in [5, 5.41) is 13.1. The second kappa shape index (κ2) is 9.93. The third-order valence-corrected chi connectivity index (χ3v) is 4.40. The van der Waals surface area contributed by atoms with Crippen molar-refractivity contribution in [3.63, 3.8) is 0 Å². The molecule has 0 fully saturated rings. The Labute approximate surface area is 176 Å². The lowest BCUT2D eigenvalue weighted by Crippen LogP contribution is -2.20. The van der Waals surface area contributed by atoms with Gasteiger partial charge in [0, 0.05) is 12.7 Å². The number of hydrogen-bond acceptors (Lipinski definition) is 6. The van der Waals surface area contributed by atoms with E-state index in [0.717, 1.165) is 30.9 Å². The van der Waals surface area contributed by atoms with Crippen molar-refractivity contribution in [3.05, 3.63) is 54.0 Å². The van der Waals surface area contributed by atoms with E-state index in [1.807, 2.05) is 56.6 Å². The van der Waals surface area contributed by atoms with Gasteiger partial charge in [0.15, 0.2) is 0 Å². The largest absolute Gasteiger partial charge is 0.463 e. The maximum absolute atomic E-state index is 12.2. The molecule has 3 aromatic rings. The fourth-order valence-corrected chi connectivity index (χ4v) is 3.06. The highest BCUT2D eigenvalue weighted by atomic mass is 16.3. The normalized spacial score (nSPS) is 12.0. The van der Waals surface area contributed by atoms with Crippen LogP contribution in [0.25, 0.3) is 0 Å². The Balaban J connectivity index is 1.66. The molecule has 30 heavy (non-hydrogen) atoms. The van der Waals surface area contributed by atoms with Crippen LogP contribution >= 0.6 is 0 Å².